The topological polar surface area (TPSA) is 91.6 Å². The molecule has 0 radical (unpaired) electrons. The van der Waals surface area contributed by atoms with Gasteiger partial charge in [-0.3, -0.25) is 0 Å². The van der Waals surface area contributed by atoms with E-state index in [9.17, 15) is 35.5 Å². The van der Waals surface area contributed by atoms with Gasteiger partial charge >= 0.3 is 6.18 Å². The zero-order chi connectivity index (χ0) is 29.0. The molecule has 3 heterocycles. The van der Waals surface area contributed by atoms with Crippen LogP contribution in [0.3, 0.4) is 0 Å². The summed E-state index contributed by atoms with van der Waals surface area (Å²) in [4.78, 5) is 6.32. The third kappa shape index (κ3) is 5.08. The van der Waals surface area contributed by atoms with Crippen molar-refractivity contribution in [2.45, 2.75) is 25.6 Å². The van der Waals surface area contributed by atoms with E-state index in [0.717, 1.165) is 10.2 Å². The lowest BCUT2D eigenvalue weighted by Crippen LogP contribution is -2.56. The molecule has 0 unspecified atom stereocenters. The van der Waals surface area contributed by atoms with Crippen LogP contribution in [0.4, 0.5) is 27.8 Å². The number of alkyl halides is 3. The maximum Gasteiger partial charge on any atom is 0.419 e. The molecular weight excluding hydrogens is 557 g/mol. The lowest BCUT2D eigenvalue weighted by molar-refractivity contribution is -0.140. The zero-order valence-corrected chi connectivity index (χ0v) is 22.1. The monoisotopic (exact) mass is 581 g/mol. The fourth-order valence-electron chi connectivity index (χ4n) is 5.01. The second-order valence-electron chi connectivity index (χ2n) is 9.64. The minimum absolute atomic E-state index is 0.134. The molecule has 0 aliphatic carbocycles. The molecule has 1 aliphatic rings. The van der Waals surface area contributed by atoms with Gasteiger partial charge in [-0.15, -0.1) is 0 Å². The number of nitrogens with zero attached hydrogens (tertiary/aromatic N) is 5. The number of piperazine rings is 1. The molecule has 5 rings (SSSR count). The summed E-state index contributed by atoms with van der Waals surface area (Å²) < 4.78 is 96.1. The third-order valence-corrected chi connectivity index (χ3v) is 8.25. The van der Waals surface area contributed by atoms with Gasteiger partial charge in [0, 0.05) is 31.1 Å². The van der Waals surface area contributed by atoms with E-state index in [4.69, 9.17) is 0 Å². The number of anilines is 1. The van der Waals surface area contributed by atoms with Crippen molar-refractivity contribution in [3.05, 3.63) is 77.1 Å². The summed E-state index contributed by atoms with van der Waals surface area (Å²) in [6, 6.07) is 10.9. The average Bonchev–Trinajstić information content (AvgIpc) is 3.22. The number of hydrogen-bond donors (Lipinski definition) is 1. The Bertz CT molecular complexity index is 1690. The molecule has 0 bridgehead atoms. The highest BCUT2D eigenvalue weighted by Crippen LogP contribution is 2.39. The number of sulfonamides is 1. The van der Waals surface area contributed by atoms with Crippen LogP contribution < -0.4 is 4.90 Å². The largest absolute Gasteiger partial charge is 0.503 e. The minimum atomic E-state index is -5.18. The van der Waals surface area contributed by atoms with Crippen LogP contribution in [0.25, 0.3) is 16.6 Å². The van der Waals surface area contributed by atoms with Crippen LogP contribution >= 0.6 is 0 Å². The van der Waals surface area contributed by atoms with Crippen LogP contribution in [0.2, 0.25) is 0 Å². The second kappa shape index (κ2) is 10.0. The molecule has 2 aromatic carbocycles. The van der Waals surface area contributed by atoms with E-state index in [0.29, 0.717) is 36.4 Å². The Morgan fingerprint density at radius 1 is 1.07 bits per heavy atom. The van der Waals surface area contributed by atoms with Crippen molar-refractivity contribution in [1.82, 2.24) is 19.1 Å². The molecule has 14 heteroatoms. The van der Waals surface area contributed by atoms with Gasteiger partial charge < -0.3 is 10.0 Å². The van der Waals surface area contributed by atoms with E-state index in [1.165, 1.54) is 16.8 Å². The highest BCUT2D eigenvalue weighted by molar-refractivity contribution is 7.88. The first-order valence-electron chi connectivity index (χ1n) is 12.1. The summed E-state index contributed by atoms with van der Waals surface area (Å²) in [5, 5.41) is 14.3. The summed E-state index contributed by atoms with van der Waals surface area (Å²) >= 11 is 0. The van der Waals surface area contributed by atoms with Crippen LogP contribution in [0.5, 0.6) is 5.75 Å². The first-order chi connectivity index (χ1) is 18.8. The third-order valence-electron chi connectivity index (χ3n) is 6.92. The normalized spacial score (nSPS) is 17.1. The average molecular weight is 582 g/mol. The van der Waals surface area contributed by atoms with Crippen molar-refractivity contribution in [3.8, 4) is 11.4 Å². The molecule has 1 saturated heterocycles. The SMILES string of the molecule is Cc1nn(-c2cc(C(F)(F)F)c(F)c(O)c2F)c2cnc(N3CCN(S(C)(=O)=O)[C@H](Cc4ccccc4)C3)cc12. The molecule has 4 aromatic rings. The number of hydrogen-bond acceptors (Lipinski definition) is 6. The summed E-state index contributed by atoms with van der Waals surface area (Å²) in [5.74, 6) is -5.00. The van der Waals surface area contributed by atoms with Crippen molar-refractivity contribution in [2.75, 3.05) is 30.8 Å². The number of fused-ring (bicyclic) bond motifs is 1. The van der Waals surface area contributed by atoms with Crippen LogP contribution in [-0.2, 0) is 22.6 Å². The van der Waals surface area contributed by atoms with Crippen molar-refractivity contribution < 1.29 is 35.5 Å². The van der Waals surface area contributed by atoms with E-state index in [2.05, 4.69) is 10.1 Å². The van der Waals surface area contributed by atoms with Crippen LogP contribution in [0.15, 0.2) is 48.7 Å². The second-order valence-corrected chi connectivity index (χ2v) is 11.6. The fraction of sp³-hybridized carbons (Fsp3) is 0.308. The molecule has 1 fully saturated rings. The zero-order valence-electron chi connectivity index (χ0n) is 21.3. The summed E-state index contributed by atoms with van der Waals surface area (Å²) in [7, 11) is -3.48. The van der Waals surface area contributed by atoms with Gasteiger partial charge in [-0.1, -0.05) is 30.3 Å². The number of aromatic nitrogens is 3. The van der Waals surface area contributed by atoms with Gasteiger partial charge in [0.05, 0.1) is 29.2 Å². The Morgan fingerprint density at radius 2 is 1.77 bits per heavy atom. The first kappa shape index (κ1) is 27.8. The Hall–Kier alpha value is -3.78. The summed E-state index contributed by atoms with van der Waals surface area (Å²) in [5.41, 5.74) is -1.20. The molecule has 1 aliphatic heterocycles. The van der Waals surface area contributed by atoms with Gasteiger partial charge in [0.25, 0.3) is 0 Å². The van der Waals surface area contributed by atoms with Crippen LogP contribution in [0, 0.1) is 18.6 Å². The van der Waals surface area contributed by atoms with Crippen molar-refractivity contribution in [1.29, 1.82) is 0 Å². The lowest BCUT2D eigenvalue weighted by Gasteiger charge is -2.40. The molecule has 2 aromatic heterocycles. The molecule has 1 atom stereocenters. The van der Waals surface area contributed by atoms with E-state index >= 15 is 0 Å². The number of aromatic hydroxyl groups is 1. The van der Waals surface area contributed by atoms with Gasteiger partial charge in [0.15, 0.2) is 17.4 Å². The van der Waals surface area contributed by atoms with Crippen molar-refractivity contribution in [2.24, 2.45) is 0 Å². The lowest BCUT2D eigenvalue weighted by atomic mass is 10.0. The summed E-state index contributed by atoms with van der Waals surface area (Å²) in [6.07, 6.45) is -2.25. The van der Waals surface area contributed by atoms with Crippen LogP contribution in [0.1, 0.15) is 16.8 Å². The quantitative estimate of drug-likeness (QED) is 0.351. The smallest absolute Gasteiger partial charge is 0.419 e. The number of benzene rings is 2. The first-order valence-corrected chi connectivity index (χ1v) is 14.0. The Balaban J connectivity index is 1.52. The van der Waals surface area contributed by atoms with E-state index in [1.54, 1.807) is 13.0 Å². The van der Waals surface area contributed by atoms with Gasteiger partial charge in [-0.25, -0.2) is 26.9 Å². The standard InChI is InChI=1S/C26H24F5N5O3S/c1-15-18-11-22(34-8-9-35(40(2,38)39)17(14-34)10-16-6-4-3-5-7-16)32-13-21(18)36(33-15)20-12-19(26(29,30)31)23(27)25(37)24(20)28/h3-7,11-13,17,37H,8-10,14H2,1-2H3/t17-/m1/s1. The molecule has 1 N–H and O–H groups in total. The molecule has 8 nitrogen and oxygen atoms in total. The predicted octanol–water partition coefficient (Wildman–Crippen LogP) is 4.42. The van der Waals surface area contributed by atoms with Crippen molar-refractivity contribution in [3.63, 3.8) is 0 Å². The Kier molecular flexibility index (Phi) is 6.94. The number of pyridine rings is 1. The number of halogens is 5. The molecule has 0 spiro atoms. The van der Waals surface area contributed by atoms with E-state index in [-0.39, 0.29) is 24.2 Å². The molecule has 212 valence electrons. The number of rotatable bonds is 5. The molecule has 0 saturated carbocycles. The Morgan fingerprint density at radius 3 is 2.42 bits per heavy atom. The molecule has 0 amide bonds. The van der Waals surface area contributed by atoms with E-state index in [1.807, 2.05) is 35.2 Å². The summed E-state index contributed by atoms with van der Waals surface area (Å²) in [6.45, 7) is 2.44. The maximum atomic E-state index is 14.8. The molecule has 40 heavy (non-hydrogen) atoms. The van der Waals surface area contributed by atoms with E-state index < -0.39 is 44.8 Å². The van der Waals surface area contributed by atoms with Gasteiger partial charge in [-0.2, -0.15) is 22.6 Å². The number of phenols is 1. The Labute approximate surface area is 226 Å². The highest BCUT2D eigenvalue weighted by Gasteiger charge is 2.38. The van der Waals surface area contributed by atoms with Gasteiger partial charge in [0.2, 0.25) is 10.0 Å². The van der Waals surface area contributed by atoms with Crippen LogP contribution in [-0.4, -0.2) is 64.5 Å². The minimum Gasteiger partial charge on any atom is -0.503 e. The maximum absolute atomic E-state index is 14.8. The number of phenolic OH excluding ortho intramolecular Hbond substituents is 1. The van der Waals surface area contributed by atoms with Crippen molar-refractivity contribution >= 4 is 26.7 Å². The van der Waals surface area contributed by atoms with Gasteiger partial charge in [0.1, 0.15) is 11.5 Å². The fourth-order valence-corrected chi connectivity index (χ4v) is 6.11. The predicted molar refractivity (Wildman–Crippen MR) is 138 cm³/mol. The van der Waals surface area contributed by atoms with Gasteiger partial charge in [-0.05, 0) is 31.0 Å². The molecular formula is C26H24F5N5O3S. The highest BCUT2D eigenvalue weighted by atomic mass is 32.2. The number of aryl methyl sites for hydroxylation is 1.